The van der Waals surface area contributed by atoms with Crippen LogP contribution in [0.15, 0.2) is 15.9 Å². The Morgan fingerprint density at radius 1 is 1.47 bits per heavy atom. The fraction of sp³-hybridized carbons (Fsp3) is 0.750. The Hall–Kier alpha value is 0.140. The lowest BCUT2D eigenvalue weighted by Crippen LogP contribution is -2.42. The van der Waals surface area contributed by atoms with Gasteiger partial charge in [0.2, 0.25) is 0 Å². The summed E-state index contributed by atoms with van der Waals surface area (Å²) in [5.74, 6) is 1.98. The number of hydrogen-bond acceptors (Lipinski definition) is 2. The lowest BCUT2D eigenvalue weighted by atomic mass is 9.70. The Balaban J connectivity index is 1.76. The molecule has 3 atom stereocenters. The highest BCUT2D eigenvalue weighted by Gasteiger charge is 2.50. The Morgan fingerprint density at radius 3 is 2.84 bits per heavy atom. The number of thiophene rings is 1. The summed E-state index contributed by atoms with van der Waals surface area (Å²) in [6, 6.07) is 2.93. The molecule has 1 aromatic rings. The van der Waals surface area contributed by atoms with E-state index >= 15 is 0 Å². The van der Waals surface area contributed by atoms with Crippen LogP contribution in [-0.4, -0.2) is 12.6 Å². The SMILES string of the molecule is CC(C)NCC1(Cc2cc(Br)cs2)CC2CCC1C2. The molecule has 3 heteroatoms. The van der Waals surface area contributed by atoms with Crippen LogP contribution in [0.5, 0.6) is 0 Å². The molecule has 1 nitrogen and oxygen atoms in total. The Labute approximate surface area is 129 Å². The Bertz CT molecular complexity index is 442. The monoisotopic (exact) mass is 341 g/mol. The second kappa shape index (κ2) is 5.50. The molecule has 2 aliphatic carbocycles. The summed E-state index contributed by atoms with van der Waals surface area (Å²) in [6.45, 7) is 5.74. The number of halogens is 1. The van der Waals surface area contributed by atoms with Gasteiger partial charge in [-0.15, -0.1) is 11.3 Å². The maximum Gasteiger partial charge on any atom is 0.0285 e. The van der Waals surface area contributed by atoms with Gasteiger partial charge in [-0.05, 0) is 64.9 Å². The molecule has 106 valence electrons. The van der Waals surface area contributed by atoms with Crippen LogP contribution in [0.3, 0.4) is 0 Å². The van der Waals surface area contributed by atoms with Crippen LogP contribution in [0.4, 0.5) is 0 Å². The average molecular weight is 342 g/mol. The quantitative estimate of drug-likeness (QED) is 0.806. The molecule has 2 bridgehead atoms. The predicted octanol–water partition coefficient (Wildman–Crippen LogP) is 4.86. The summed E-state index contributed by atoms with van der Waals surface area (Å²) >= 11 is 5.52. The molecule has 2 fully saturated rings. The van der Waals surface area contributed by atoms with E-state index in [0.717, 1.165) is 11.8 Å². The van der Waals surface area contributed by atoms with Crippen molar-refractivity contribution in [2.75, 3.05) is 6.54 Å². The summed E-state index contributed by atoms with van der Waals surface area (Å²) in [5.41, 5.74) is 0.539. The van der Waals surface area contributed by atoms with Crippen molar-refractivity contribution in [2.45, 2.75) is 52.0 Å². The second-order valence-electron chi connectivity index (χ2n) is 6.89. The van der Waals surface area contributed by atoms with E-state index in [1.54, 1.807) is 4.88 Å². The van der Waals surface area contributed by atoms with Gasteiger partial charge >= 0.3 is 0 Å². The van der Waals surface area contributed by atoms with Crippen LogP contribution in [0.2, 0.25) is 0 Å². The molecule has 1 aromatic heterocycles. The Morgan fingerprint density at radius 2 is 2.32 bits per heavy atom. The summed E-state index contributed by atoms with van der Waals surface area (Å²) in [6.07, 6.45) is 7.18. The van der Waals surface area contributed by atoms with Gasteiger partial charge in [0.15, 0.2) is 0 Å². The van der Waals surface area contributed by atoms with E-state index in [9.17, 15) is 0 Å². The molecule has 0 aliphatic heterocycles. The zero-order chi connectivity index (χ0) is 13.5. The molecular formula is C16H24BrNS. The zero-order valence-electron chi connectivity index (χ0n) is 11.9. The van der Waals surface area contributed by atoms with Crippen molar-refractivity contribution in [1.82, 2.24) is 5.32 Å². The van der Waals surface area contributed by atoms with Gasteiger partial charge in [0.25, 0.3) is 0 Å². The average Bonchev–Trinajstić information content (AvgIpc) is 3.03. The van der Waals surface area contributed by atoms with Gasteiger partial charge in [0, 0.05) is 27.3 Å². The van der Waals surface area contributed by atoms with Gasteiger partial charge in [-0.3, -0.25) is 0 Å². The van der Waals surface area contributed by atoms with Crippen molar-refractivity contribution in [2.24, 2.45) is 17.3 Å². The van der Waals surface area contributed by atoms with Crippen molar-refractivity contribution < 1.29 is 0 Å². The van der Waals surface area contributed by atoms with Crippen LogP contribution in [0, 0.1) is 17.3 Å². The summed E-state index contributed by atoms with van der Waals surface area (Å²) in [5, 5.41) is 5.96. The highest BCUT2D eigenvalue weighted by Crippen LogP contribution is 2.57. The van der Waals surface area contributed by atoms with Gasteiger partial charge in [-0.2, -0.15) is 0 Å². The van der Waals surface area contributed by atoms with Crippen molar-refractivity contribution in [3.05, 3.63) is 20.8 Å². The van der Waals surface area contributed by atoms with Crippen molar-refractivity contribution in [3.8, 4) is 0 Å². The zero-order valence-corrected chi connectivity index (χ0v) is 14.3. The van der Waals surface area contributed by atoms with Crippen molar-refractivity contribution in [1.29, 1.82) is 0 Å². The lowest BCUT2D eigenvalue weighted by Gasteiger charge is -2.38. The van der Waals surface area contributed by atoms with E-state index in [2.05, 4.69) is 46.5 Å². The van der Waals surface area contributed by atoms with E-state index in [-0.39, 0.29) is 0 Å². The molecule has 0 spiro atoms. The molecule has 19 heavy (non-hydrogen) atoms. The summed E-state index contributed by atoms with van der Waals surface area (Å²) < 4.78 is 1.25. The van der Waals surface area contributed by atoms with Gasteiger partial charge in [0.1, 0.15) is 0 Å². The first kappa shape index (κ1) is 14.1. The number of fused-ring (bicyclic) bond motifs is 2. The summed E-state index contributed by atoms with van der Waals surface area (Å²) in [4.78, 5) is 1.56. The molecule has 1 N–H and O–H groups in total. The smallest absolute Gasteiger partial charge is 0.0285 e. The third kappa shape index (κ3) is 2.93. The second-order valence-corrected chi connectivity index (χ2v) is 8.80. The molecule has 0 radical (unpaired) electrons. The molecule has 3 unspecified atom stereocenters. The standard InChI is InChI=1S/C16H24BrNS/c1-11(2)18-10-16(7-12-3-4-13(16)5-12)8-15-6-14(17)9-19-15/h6,9,11-13,18H,3-5,7-8,10H2,1-2H3. The molecule has 3 rings (SSSR count). The molecule has 0 amide bonds. The van der Waals surface area contributed by atoms with Crippen LogP contribution in [0.25, 0.3) is 0 Å². The normalized spacial score (nSPS) is 33.5. The molecular weight excluding hydrogens is 318 g/mol. The molecule has 0 saturated heterocycles. The van der Waals surface area contributed by atoms with E-state index in [0.29, 0.717) is 11.5 Å². The minimum absolute atomic E-state index is 0.539. The Kier molecular flexibility index (Phi) is 4.08. The highest BCUT2D eigenvalue weighted by atomic mass is 79.9. The third-order valence-electron chi connectivity index (χ3n) is 5.11. The van der Waals surface area contributed by atoms with Crippen molar-refractivity contribution >= 4 is 27.3 Å². The van der Waals surface area contributed by atoms with E-state index < -0.39 is 0 Å². The molecule has 1 heterocycles. The van der Waals surface area contributed by atoms with Crippen LogP contribution in [0.1, 0.15) is 44.4 Å². The van der Waals surface area contributed by atoms with Crippen LogP contribution < -0.4 is 5.32 Å². The first-order valence-electron chi connectivity index (χ1n) is 7.54. The maximum atomic E-state index is 3.73. The first-order valence-corrected chi connectivity index (χ1v) is 9.21. The number of rotatable bonds is 5. The third-order valence-corrected chi connectivity index (χ3v) is 6.81. The maximum absolute atomic E-state index is 3.73. The van der Waals surface area contributed by atoms with Gasteiger partial charge in [-0.25, -0.2) is 0 Å². The molecule has 0 aromatic carbocycles. The van der Waals surface area contributed by atoms with Gasteiger partial charge < -0.3 is 5.32 Å². The number of nitrogens with one attached hydrogen (secondary N) is 1. The predicted molar refractivity (Wildman–Crippen MR) is 86.7 cm³/mol. The molecule has 2 aliphatic rings. The lowest BCUT2D eigenvalue weighted by molar-refractivity contribution is 0.153. The van der Waals surface area contributed by atoms with E-state index in [4.69, 9.17) is 0 Å². The number of hydrogen-bond donors (Lipinski definition) is 1. The van der Waals surface area contributed by atoms with Crippen LogP contribution in [-0.2, 0) is 6.42 Å². The van der Waals surface area contributed by atoms with Crippen molar-refractivity contribution in [3.63, 3.8) is 0 Å². The minimum Gasteiger partial charge on any atom is -0.314 e. The largest absolute Gasteiger partial charge is 0.314 e. The minimum atomic E-state index is 0.539. The van der Waals surface area contributed by atoms with Crippen LogP contribution >= 0.6 is 27.3 Å². The van der Waals surface area contributed by atoms with E-state index in [1.807, 2.05) is 11.3 Å². The van der Waals surface area contributed by atoms with Gasteiger partial charge in [-0.1, -0.05) is 20.3 Å². The fourth-order valence-corrected chi connectivity index (χ4v) is 5.86. The topological polar surface area (TPSA) is 12.0 Å². The highest BCUT2D eigenvalue weighted by molar-refractivity contribution is 9.10. The van der Waals surface area contributed by atoms with E-state index in [1.165, 1.54) is 43.1 Å². The molecule has 2 saturated carbocycles. The summed E-state index contributed by atoms with van der Waals surface area (Å²) in [7, 11) is 0. The first-order chi connectivity index (χ1) is 9.07. The fourth-order valence-electron chi connectivity index (χ4n) is 4.25. The van der Waals surface area contributed by atoms with Gasteiger partial charge in [0.05, 0.1) is 0 Å².